The molecule has 0 saturated carbocycles. The highest BCUT2D eigenvalue weighted by atomic mass is 16.4. The highest BCUT2D eigenvalue weighted by Gasteiger charge is 2.37. The van der Waals surface area contributed by atoms with E-state index in [2.05, 4.69) is 0 Å². The Kier molecular flexibility index (Phi) is 3.79. The average Bonchev–Trinajstić information content (AvgIpc) is 2.17. The van der Waals surface area contributed by atoms with Crippen molar-refractivity contribution in [3.8, 4) is 0 Å². The van der Waals surface area contributed by atoms with Crippen LogP contribution >= 0.6 is 0 Å². The lowest BCUT2D eigenvalue weighted by Crippen LogP contribution is -2.44. The van der Waals surface area contributed by atoms with Gasteiger partial charge in [-0.15, -0.1) is 0 Å². The van der Waals surface area contributed by atoms with Crippen LogP contribution in [0.5, 0.6) is 0 Å². The van der Waals surface area contributed by atoms with E-state index in [0.29, 0.717) is 0 Å². The minimum atomic E-state index is -1.50. The first kappa shape index (κ1) is 12.8. The number of aliphatic carboxylic acids is 1. The van der Waals surface area contributed by atoms with Crippen LogP contribution in [0.1, 0.15) is 19.8 Å². The molecular formula is C10H14O6. The summed E-state index contributed by atoms with van der Waals surface area (Å²) in [5.74, 6) is -1.60. The van der Waals surface area contributed by atoms with Gasteiger partial charge in [0.05, 0.1) is 6.10 Å². The maximum atomic E-state index is 10.9. The van der Waals surface area contributed by atoms with E-state index in [0.717, 1.165) is 0 Å². The van der Waals surface area contributed by atoms with Gasteiger partial charge in [0.2, 0.25) is 0 Å². The first-order valence-electron chi connectivity index (χ1n) is 4.83. The van der Waals surface area contributed by atoms with E-state index in [1.54, 1.807) is 0 Å². The summed E-state index contributed by atoms with van der Waals surface area (Å²) in [6, 6.07) is 0. The minimum absolute atomic E-state index is 0.0159. The molecule has 0 fully saturated rings. The summed E-state index contributed by atoms with van der Waals surface area (Å²) in [6.45, 7) is 1.26. The number of hydrogen-bond donors (Lipinski definition) is 4. The van der Waals surface area contributed by atoms with Gasteiger partial charge in [-0.3, -0.25) is 4.79 Å². The fourth-order valence-electron chi connectivity index (χ4n) is 1.76. The Labute approximate surface area is 91.8 Å². The van der Waals surface area contributed by atoms with E-state index in [1.807, 2.05) is 0 Å². The van der Waals surface area contributed by atoms with Crippen LogP contribution < -0.4 is 0 Å². The minimum Gasteiger partial charge on any atom is -0.478 e. The van der Waals surface area contributed by atoms with Crippen molar-refractivity contribution in [1.29, 1.82) is 0 Å². The van der Waals surface area contributed by atoms with Gasteiger partial charge in [-0.25, -0.2) is 4.79 Å². The lowest BCUT2D eigenvalue weighted by atomic mass is 9.83. The van der Waals surface area contributed by atoms with Gasteiger partial charge >= 0.3 is 5.97 Å². The molecule has 90 valence electrons. The van der Waals surface area contributed by atoms with Crippen LogP contribution in [0.4, 0.5) is 0 Å². The third kappa shape index (κ3) is 2.46. The Morgan fingerprint density at radius 1 is 1.31 bits per heavy atom. The third-order valence-electron chi connectivity index (χ3n) is 2.57. The molecule has 6 nitrogen and oxygen atoms in total. The molecule has 0 amide bonds. The molecule has 0 spiro atoms. The first-order valence-corrected chi connectivity index (χ1v) is 4.83. The van der Waals surface area contributed by atoms with Crippen LogP contribution in [0.25, 0.3) is 0 Å². The second-order valence-electron chi connectivity index (χ2n) is 3.89. The summed E-state index contributed by atoms with van der Waals surface area (Å²) in [5.41, 5.74) is -0.210. The number of carboxylic acids is 1. The van der Waals surface area contributed by atoms with Crippen molar-refractivity contribution < 1.29 is 30.0 Å². The molecule has 3 unspecified atom stereocenters. The van der Waals surface area contributed by atoms with E-state index in [-0.39, 0.29) is 29.8 Å². The summed E-state index contributed by atoms with van der Waals surface area (Å²) in [7, 11) is 0. The summed E-state index contributed by atoms with van der Waals surface area (Å²) >= 11 is 0. The van der Waals surface area contributed by atoms with Crippen molar-refractivity contribution in [2.24, 2.45) is 0 Å². The number of carbonyl (C=O) groups excluding carboxylic acids is 1. The van der Waals surface area contributed by atoms with Crippen LogP contribution in [-0.4, -0.2) is 50.5 Å². The van der Waals surface area contributed by atoms with Crippen molar-refractivity contribution in [2.75, 3.05) is 0 Å². The molecule has 3 atom stereocenters. The monoisotopic (exact) mass is 230 g/mol. The fraction of sp³-hybridized carbons (Fsp3) is 0.600. The van der Waals surface area contributed by atoms with Gasteiger partial charge < -0.3 is 20.4 Å². The molecule has 0 aromatic heterocycles. The van der Waals surface area contributed by atoms with E-state index in [9.17, 15) is 24.9 Å². The normalized spacial score (nSPS) is 30.4. The van der Waals surface area contributed by atoms with Gasteiger partial charge in [-0.05, 0) is 12.5 Å². The van der Waals surface area contributed by atoms with Crippen LogP contribution in [0.2, 0.25) is 0 Å². The van der Waals surface area contributed by atoms with Crippen LogP contribution in [0.15, 0.2) is 11.1 Å². The molecule has 0 aromatic carbocycles. The molecule has 6 heteroatoms. The SMILES string of the molecule is CC(=O)CC1=C(C(=O)O)CC(O)C(O)C1O. The molecule has 4 N–H and O–H groups in total. The number of carbonyl (C=O) groups is 2. The van der Waals surface area contributed by atoms with Gasteiger partial charge in [0, 0.05) is 18.4 Å². The van der Waals surface area contributed by atoms with Crippen LogP contribution in [0, 0.1) is 0 Å². The van der Waals surface area contributed by atoms with Crippen molar-refractivity contribution in [3.63, 3.8) is 0 Å². The van der Waals surface area contributed by atoms with E-state index >= 15 is 0 Å². The molecule has 0 saturated heterocycles. The molecule has 0 aliphatic heterocycles. The zero-order valence-corrected chi connectivity index (χ0v) is 8.75. The van der Waals surface area contributed by atoms with Gasteiger partial charge in [-0.2, -0.15) is 0 Å². The van der Waals surface area contributed by atoms with E-state index in [4.69, 9.17) is 5.11 Å². The van der Waals surface area contributed by atoms with Gasteiger partial charge in [-0.1, -0.05) is 0 Å². The second-order valence-corrected chi connectivity index (χ2v) is 3.89. The third-order valence-corrected chi connectivity index (χ3v) is 2.57. The zero-order valence-electron chi connectivity index (χ0n) is 8.75. The molecule has 1 aliphatic rings. The molecule has 0 radical (unpaired) electrons. The Morgan fingerprint density at radius 2 is 1.88 bits per heavy atom. The topological polar surface area (TPSA) is 115 Å². The maximum Gasteiger partial charge on any atom is 0.331 e. The number of Topliss-reactive ketones (excluding diaryl/α,β-unsaturated/α-hetero) is 1. The molecule has 16 heavy (non-hydrogen) atoms. The first-order chi connectivity index (χ1) is 7.34. The largest absolute Gasteiger partial charge is 0.478 e. The zero-order chi connectivity index (χ0) is 12.5. The molecule has 0 bridgehead atoms. The number of carboxylic acid groups (broad SMARTS) is 1. The highest BCUT2D eigenvalue weighted by Crippen LogP contribution is 2.28. The lowest BCUT2D eigenvalue weighted by Gasteiger charge is -2.31. The Bertz CT molecular complexity index is 345. The molecule has 0 heterocycles. The highest BCUT2D eigenvalue weighted by molar-refractivity contribution is 5.90. The van der Waals surface area contributed by atoms with Crippen LogP contribution in [-0.2, 0) is 9.59 Å². The predicted molar refractivity (Wildman–Crippen MR) is 52.6 cm³/mol. The molecule has 1 rings (SSSR count). The summed E-state index contributed by atoms with van der Waals surface area (Å²) in [4.78, 5) is 21.8. The molecular weight excluding hydrogens is 216 g/mol. The summed E-state index contributed by atoms with van der Waals surface area (Å²) in [5, 5.41) is 37.2. The molecule has 1 aliphatic carbocycles. The summed E-state index contributed by atoms with van der Waals surface area (Å²) in [6.07, 6.45) is -4.77. The standard InChI is InChI=1S/C10H14O6/c1-4(11)2-5-6(10(15)16)3-7(12)9(14)8(5)13/h7-9,12-14H,2-3H2,1H3,(H,15,16). The Balaban J connectivity index is 3.12. The van der Waals surface area contributed by atoms with E-state index < -0.39 is 24.3 Å². The van der Waals surface area contributed by atoms with Gasteiger partial charge in [0.25, 0.3) is 0 Å². The number of rotatable bonds is 3. The Morgan fingerprint density at radius 3 is 2.31 bits per heavy atom. The van der Waals surface area contributed by atoms with E-state index in [1.165, 1.54) is 6.92 Å². The summed E-state index contributed by atoms with van der Waals surface area (Å²) < 4.78 is 0. The quantitative estimate of drug-likeness (QED) is 0.486. The van der Waals surface area contributed by atoms with Crippen molar-refractivity contribution in [1.82, 2.24) is 0 Å². The van der Waals surface area contributed by atoms with Gasteiger partial charge in [0.15, 0.2) is 0 Å². The van der Waals surface area contributed by atoms with Crippen molar-refractivity contribution in [2.45, 2.75) is 38.1 Å². The maximum absolute atomic E-state index is 10.9. The van der Waals surface area contributed by atoms with Crippen molar-refractivity contribution >= 4 is 11.8 Å². The molecule has 0 aromatic rings. The number of hydrogen-bond acceptors (Lipinski definition) is 5. The number of aliphatic hydroxyl groups is 3. The second kappa shape index (κ2) is 4.73. The lowest BCUT2D eigenvalue weighted by molar-refractivity contribution is -0.134. The smallest absolute Gasteiger partial charge is 0.331 e. The Hall–Kier alpha value is -1.24. The van der Waals surface area contributed by atoms with Gasteiger partial charge in [0.1, 0.15) is 18.0 Å². The average molecular weight is 230 g/mol. The number of aliphatic hydroxyl groups excluding tert-OH is 3. The number of ketones is 1. The fourth-order valence-corrected chi connectivity index (χ4v) is 1.76. The predicted octanol–water partition coefficient (Wildman–Crippen LogP) is -1.17. The van der Waals surface area contributed by atoms with Crippen molar-refractivity contribution in [3.05, 3.63) is 11.1 Å². The van der Waals surface area contributed by atoms with Crippen LogP contribution in [0.3, 0.4) is 0 Å².